The molecule has 18 heavy (non-hydrogen) atoms. The van der Waals surface area contributed by atoms with Gasteiger partial charge in [-0.15, -0.1) is 0 Å². The smallest absolute Gasteiger partial charge is 0.390 e. The van der Waals surface area contributed by atoms with Crippen molar-refractivity contribution in [1.82, 2.24) is 0 Å². The first-order valence-electron chi connectivity index (χ1n) is 5.10. The van der Waals surface area contributed by atoms with Gasteiger partial charge in [0.15, 0.2) is 0 Å². The highest BCUT2D eigenvalue weighted by Gasteiger charge is 2.32. The Morgan fingerprint density at radius 1 is 1.17 bits per heavy atom. The van der Waals surface area contributed by atoms with Gasteiger partial charge in [0.2, 0.25) is 0 Å². The summed E-state index contributed by atoms with van der Waals surface area (Å²) in [6, 6.07) is 1.72. The van der Waals surface area contributed by atoms with E-state index in [4.69, 9.17) is 0 Å². The Labute approximate surface area is 107 Å². The topological polar surface area (TPSA) is 40.5 Å². The van der Waals surface area contributed by atoms with Crippen molar-refractivity contribution in [3.8, 4) is 0 Å². The maximum atomic E-state index is 13.1. The second-order valence-electron chi connectivity index (χ2n) is 3.80. The zero-order valence-electron chi connectivity index (χ0n) is 9.15. The Morgan fingerprint density at radius 3 is 2.28 bits per heavy atom. The molecule has 1 rings (SSSR count). The van der Waals surface area contributed by atoms with E-state index >= 15 is 0 Å². The van der Waals surface area contributed by atoms with Crippen molar-refractivity contribution < 1.29 is 27.8 Å². The first kappa shape index (κ1) is 15.3. The van der Waals surface area contributed by atoms with Crippen LogP contribution in [0.1, 0.15) is 23.7 Å². The van der Waals surface area contributed by atoms with Gasteiger partial charge in [0.25, 0.3) is 0 Å². The van der Waals surface area contributed by atoms with Crippen LogP contribution in [-0.4, -0.2) is 22.1 Å². The molecule has 0 aromatic heterocycles. The molecular weight excluding hydrogens is 272 g/mol. The van der Waals surface area contributed by atoms with Gasteiger partial charge in [0, 0.05) is 0 Å². The van der Waals surface area contributed by atoms with Crippen LogP contribution in [0.25, 0.3) is 0 Å². The second-order valence-corrected chi connectivity index (χ2v) is 4.24. The highest BCUT2D eigenvalue weighted by Crippen LogP contribution is 2.32. The number of rotatable bonds is 4. The first-order chi connectivity index (χ1) is 8.25. The largest absolute Gasteiger partial charge is 0.416 e. The van der Waals surface area contributed by atoms with Crippen molar-refractivity contribution in [3.63, 3.8) is 0 Å². The van der Waals surface area contributed by atoms with E-state index < -0.39 is 29.8 Å². The van der Waals surface area contributed by atoms with Crippen molar-refractivity contribution in [2.24, 2.45) is 0 Å². The predicted molar refractivity (Wildman–Crippen MR) is 60.8 cm³/mol. The second kappa shape index (κ2) is 5.90. The van der Waals surface area contributed by atoms with Crippen LogP contribution in [0.5, 0.6) is 0 Å². The number of alkyl halides is 3. The highest BCUT2D eigenvalue weighted by molar-refractivity contribution is 7.80. The van der Waals surface area contributed by atoms with Crippen LogP contribution in [0.2, 0.25) is 0 Å². The van der Waals surface area contributed by atoms with Gasteiger partial charge in [-0.25, -0.2) is 4.39 Å². The van der Waals surface area contributed by atoms with Crippen LogP contribution in [0.15, 0.2) is 18.2 Å². The monoisotopic (exact) mass is 284 g/mol. The number of halogens is 4. The summed E-state index contributed by atoms with van der Waals surface area (Å²) in [6.45, 7) is 0. The summed E-state index contributed by atoms with van der Waals surface area (Å²) in [7, 11) is 0. The minimum Gasteiger partial charge on any atom is -0.390 e. The summed E-state index contributed by atoms with van der Waals surface area (Å²) in [5, 5.41) is 19.1. The third kappa shape index (κ3) is 3.86. The molecule has 0 fully saturated rings. The molecule has 2 atom stereocenters. The van der Waals surface area contributed by atoms with E-state index in [9.17, 15) is 27.8 Å². The van der Waals surface area contributed by atoms with Crippen molar-refractivity contribution in [2.45, 2.75) is 24.8 Å². The van der Waals surface area contributed by atoms with Crippen LogP contribution in [0.3, 0.4) is 0 Å². The third-order valence-electron chi connectivity index (χ3n) is 2.38. The summed E-state index contributed by atoms with van der Waals surface area (Å²) < 4.78 is 50.4. The molecular formula is C11H12F4O2S. The van der Waals surface area contributed by atoms with Gasteiger partial charge >= 0.3 is 6.18 Å². The van der Waals surface area contributed by atoms with E-state index in [0.717, 1.165) is 6.07 Å². The van der Waals surface area contributed by atoms with Gasteiger partial charge in [-0.1, -0.05) is 0 Å². The molecule has 0 bridgehead atoms. The maximum absolute atomic E-state index is 13.1. The van der Waals surface area contributed by atoms with E-state index in [2.05, 4.69) is 12.6 Å². The Morgan fingerprint density at radius 2 is 1.78 bits per heavy atom. The van der Waals surface area contributed by atoms with E-state index in [1.54, 1.807) is 0 Å². The van der Waals surface area contributed by atoms with Crippen molar-refractivity contribution in [1.29, 1.82) is 0 Å². The fourth-order valence-electron chi connectivity index (χ4n) is 1.46. The number of aliphatic hydroxyl groups excluding tert-OH is 2. The van der Waals surface area contributed by atoms with Gasteiger partial charge in [0.05, 0.1) is 11.7 Å². The molecule has 0 radical (unpaired) electrons. The molecule has 0 aliphatic heterocycles. The third-order valence-corrected chi connectivity index (χ3v) is 2.64. The maximum Gasteiger partial charge on any atom is 0.416 e. The van der Waals surface area contributed by atoms with Crippen molar-refractivity contribution >= 4 is 12.6 Å². The SMILES string of the molecule is OC(CCS)C(O)c1cc(F)cc(C(F)(F)F)c1. The molecule has 0 heterocycles. The summed E-state index contributed by atoms with van der Waals surface area (Å²) >= 11 is 3.83. The summed E-state index contributed by atoms with van der Waals surface area (Å²) in [5.74, 6) is -0.864. The molecule has 0 saturated heterocycles. The van der Waals surface area contributed by atoms with Crippen LogP contribution in [-0.2, 0) is 6.18 Å². The molecule has 2 nitrogen and oxygen atoms in total. The molecule has 102 valence electrons. The van der Waals surface area contributed by atoms with E-state index in [1.165, 1.54) is 0 Å². The lowest BCUT2D eigenvalue weighted by Crippen LogP contribution is -2.19. The van der Waals surface area contributed by atoms with Gasteiger partial charge in [0.1, 0.15) is 11.9 Å². The average molecular weight is 284 g/mol. The Kier molecular flexibility index (Phi) is 5.01. The molecule has 1 aromatic rings. The molecule has 7 heteroatoms. The lowest BCUT2D eigenvalue weighted by Gasteiger charge is -2.18. The van der Waals surface area contributed by atoms with E-state index in [-0.39, 0.29) is 17.7 Å². The normalized spacial score (nSPS) is 15.5. The van der Waals surface area contributed by atoms with E-state index in [1.807, 2.05) is 0 Å². The Balaban J connectivity index is 3.06. The van der Waals surface area contributed by atoms with Crippen molar-refractivity contribution in [3.05, 3.63) is 35.1 Å². The van der Waals surface area contributed by atoms with Crippen LogP contribution < -0.4 is 0 Å². The zero-order chi connectivity index (χ0) is 13.9. The van der Waals surface area contributed by atoms with Crippen molar-refractivity contribution in [2.75, 3.05) is 5.75 Å². The standard InChI is InChI=1S/C11H12F4O2S/c12-8-4-6(10(17)9(16)1-2-18)3-7(5-8)11(13,14)15/h3-5,9-10,16-18H,1-2H2. The quantitative estimate of drug-likeness (QED) is 0.587. The Bertz CT molecular complexity index is 409. The molecule has 0 aliphatic rings. The molecule has 0 amide bonds. The number of aliphatic hydroxyl groups is 2. The predicted octanol–water partition coefficient (Wildman–Crippen LogP) is 2.56. The van der Waals surface area contributed by atoms with Crippen LogP contribution in [0, 0.1) is 5.82 Å². The minimum absolute atomic E-state index is 0.0855. The molecule has 0 spiro atoms. The lowest BCUT2D eigenvalue weighted by molar-refractivity contribution is -0.137. The van der Waals surface area contributed by atoms with Crippen LogP contribution in [0.4, 0.5) is 17.6 Å². The van der Waals surface area contributed by atoms with E-state index in [0.29, 0.717) is 12.1 Å². The molecule has 2 N–H and O–H groups in total. The zero-order valence-corrected chi connectivity index (χ0v) is 10.0. The molecule has 0 aliphatic carbocycles. The number of hydrogen-bond acceptors (Lipinski definition) is 3. The number of thiol groups is 1. The van der Waals surface area contributed by atoms with Gasteiger partial charge < -0.3 is 10.2 Å². The molecule has 1 aromatic carbocycles. The summed E-state index contributed by atoms with van der Waals surface area (Å²) in [6.07, 6.45) is -7.48. The van der Waals surface area contributed by atoms with Crippen LogP contribution >= 0.6 is 12.6 Å². The van der Waals surface area contributed by atoms with Gasteiger partial charge in [-0.05, 0) is 35.9 Å². The fourth-order valence-corrected chi connectivity index (χ4v) is 1.72. The fraction of sp³-hybridized carbons (Fsp3) is 0.455. The van der Waals surface area contributed by atoms with Gasteiger partial charge in [-0.3, -0.25) is 0 Å². The first-order valence-corrected chi connectivity index (χ1v) is 5.73. The lowest BCUT2D eigenvalue weighted by atomic mass is 10.00. The molecule has 2 unspecified atom stereocenters. The average Bonchev–Trinajstić information content (AvgIpc) is 2.26. The number of hydrogen-bond donors (Lipinski definition) is 3. The van der Waals surface area contributed by atoms with Gasteiger partial charge in [-0.2, -0.15) is 25.8 Å². The molecule has 0 saturated carbocycles. The minimum atomic E-state index is -4.70. The number of benzene rings is 1. The highest BCUT2D eigenvalue weighted by atomic mass is 32.1. The summed E-state index contributed by atoms with van der Waals surface area (Å²) in [5.41, 5.74) is -1.51. The summed E-state index contributed by atoms with van der Waals surface area (Å²) in [4.78, 5) is 0. The Hall–Kier alpha value is -0.790.